The molecule has 0 amide bonds. The Kier molecular flexibility index (Phi) is 8.97. The number of rotatable bonds is 10. The molecule has 1 aliphatic rings. The summed E-state index contributed by atoms with van der Waals surface area (Å²) in [6.45, 7) is 6.26. The molecule has 0 radical (unpaired) electrons. The van der Waals surface area contributed by atoms with Crippen LogP contribution in [0.15, 0.2) is 11.3 Å². The van der Waals surface area contributed by atoms with Crippen LogP contribution < -0.4 is 10.6 Å². The summed E-state index contributed by atoms with van der Waals surface area (Å²) in [7, 11) is 0. The summed E-state index contributed by atoms with van der Waals surface area (Å²) in [5.41, 5.74) is 0. The molecule has 0 aromatic carbocycles. The van der Waals surface area contributed by atoms with E-state index in [0.717, 1.165) is 76.0 Å². The van der Waals surface area contributed by atoms with Crippen LogP contribution in [-0.2, 0) is 17.7 Å². The van der Waals surface area contributed by atoms with Gasteiger partial charge < -0.3 is 19.9 Å². The minimum absolute atomic E-state index is 0.277. The summed E-state index contributed by atoms with van der Waals surface area (Å²) in [5.74, 6) is 3.05. The molecule has 1 aromatic heterocycles. The number of nitrogens with one attached hydrogen (secondary N) is 2. The van der Waals surface area contributed by atoms with Gasteiger partial charge in [0.1, 0.15) is 12.2 Å². The summed E-state index contributed by atoms with van der Waals surface area (Å²) < 4.78 is 7.74. The first-order valence-electron chi connectivity index (χ1n) is 8.83. The third-order valence-electron chi connectivity index (χ3n) is 3.95. The average molecular weight is 355 g/mol. The third kappa shape index (κ3) is 6.68. The first kappa shape index (κ1) is 19.1. The molecule has 0 bridgehead atoms. The van der Waals surface area contributed by atoms with E-state index in [0.29, 0.717) is 0 Å². The number of aliphatic imine (C=N–C) groups is 1. The lowest BCUT2D eigenvalue weighted by molar-refractivity contribution is 0.117. The van der Waals surface area contributed by atoms with Crippen LogP contribution in [0.4, 0.5) is 0 Å². The molecule has 2 N–H and O–H groups in total. The third-order valence-corrected chi connectivity index (χ3v) is 4.65. The predicted octanol–water partition coefficient (Wildman–Crippen LogP) is 1.31. The van der Waals surface area contributed by atoms with Crippen molar-refractivity contribution in [3.63, 3.8) is 0 Å². The molecule has 7 nitrogen and oxygen atoms in total. The van der Waals surface area contributed by atoms with Gasteiger partial charge in [-0.2, -0.15) is 11.8 Å². The summed E-state index contributed by atoms with van der Waals surface area (Å²) in [6, 6.07) is 0. The van der Waals surface area contributed by atoms with Gasteiger partial charge in [0.05, 0.1) is 12.6 Å². The van der Waals surface area contributed by atoms with Crippen LogP contribution >= 0.6 is 11.8 Å². The Balaban J connectivity index is 1.78. The summed E-state index contributed by atoms with van der Waals surface area (Å²) in [4.78, 5) is 4.69. The first-order valence-corrected chi connectivity index (χ1v) is 10.2. The van der Waals surface area contributed by atoms with Crippen molar-refractivity contribution in [2.24, 2.45) is 4.99 Å². The molecular formula is C16H30N6OS. The number of hydrogen-bond acceptors (Lipinski definition) is 5. The van der Waals surface area contributed by atoms with Gasteiger partial charge in [0.2, 0.25) is 0 Å². The van der Waals surface area contributed by atoms with Crippen molar-refractivity contribution in [1.82, 2.24) is 25.4 Å². The van der Waals surface area contributed by atoms with Crippen molar-refractivity contribution in [2.45, 2.75) is 45.3 Å². The zero-order valence-corrected chi connectivity index (χ0v) is 15.6. The normalized spacial score (nSPS) is 18.1. The highest BCUT2D eigenvalue weighted by molar-refractivity contribution is 7.98. The molecule has 2 heterocycles. The van der Waals surface area contributed by atoms with Crippen molar-refractivity contribution >= 4 is 17.7 Å². The molecular weight excluding hydrogens is 324 g/mol. The van der Waals surface area contributed by atoms with Crippen molar-refractivity contribution < 1.29 is 4.74 Å². The van der Waals surface area contributed by atoms with E-state index in [1.54, 1.807) is 6.33 Å². The molecule has 2 rings (SSSR count). The lowest BCUT2D eigenvalue weighted by Gasteiger charge is -2.14. The Bertz CT molecular complexity index is 487. The standard InChI is InChI=1S/C16H30N6OS/c1-3-15-21-20-13-22(15)9-8-18-16(17-7-5-11-24-2)19-12-14-6-4-10-23-14/h13-14H,3-12H2,1-2H3,(H2,17,18,19). The predicted molar refractivity (Wildman–Crippen MR) is 99.7 cm³/mol. The van der Waals surface area contributed by atoms with E-state index < -0.39 is 0 Å². The van der Waals surface area contributed by atoms with Gasteiger partial charge in [-0.3, -0.25) is 4.99 Å². The Morgan fingerprint density at radius 1 is 1.46 bits per heavy atom. The topological polar surface area (TPSA) is 76.4 Å². The van der Waals surface area contributed by atoms with Gasteiger partial charge >= 0.3 is 0 Å². The molecule has 24 heavy (non-hydrogen) atoms. The van der Waals surface area contributed by atoms with Crippen molar-refractivity contribution in [2.75, 3.05) is 38.2 Å². The number of hydrogen-bond donors (Lipinski definition) is 2. The van der Waals surface area contributed by atoms with E-state index in [1.165, 1.54) is 0 Å². The van der Waals surface area contributed by atoms with Gasteiger partial charge in [-0.1, -0.05) is 6.92 Å². The lowest BCUT2D eigenvalue weighted by Crippen LogP contribution is -2.40. The summed E-state index contributed by atoms with van der Waals surface area (Å²) >= 11 is 1.87. The van der Waals surface area contributed by atoms with Crippen LogP contribution in [0.25, 0.3) is 0 Å². The van der Waals surface area contributed by atoms with Gasteiger partial charge in [-0.25, -0.2) is 0 Å². The van der Waals surface area contributed by atoms with E-state index in [2.05, 4.69) is 43.6 Å². The number of nitrogens with zero attached hydrogens (tertiary/aromatic N) is 4. The zero-order valence-electron chi connectivity index (χ0n) is 14.8. The van der Waals surface area contributed by atoms with E-state index in [-0.39, 0.29) is 6.10 Å². The van der Waals surface area contributed by atoms with Crippen LogP contribution in [0.3, 0.4) is 0 Å². The second-order valence-electron chi connectivity index (χ2n) is 5.82. The maximum absolute atomic E-state index is 5.65. The zero-order chi connectivity index (χ0) is 17.0. The first-order chi connectivity index (χ1) is 11.8. The fraction of sp³-hybridized carbons (Fsp3) is 0.812. The van der Waals surface area contributed by atoms with E-state index in [4.69, 9.17) is 4.74 Å². The minimum Gasteiger partial charge on any atom is -0.376 e. The van der Waals surface area contributed by atoms with Crippen molar-refractivity contribution in [3.8, 4) is 0 Å². The number of aromatic nitrogens is 3. The highest BCUT2D eigenvalue weighted by atomic mass is 32.2. The van der Waals surface area contributed by atoms with Gasteiger partial charge in [-0.05, 0) is 31.3 Å². The van der Waals surface area contributed by atoms with Gasteiger partial charge in [0.15, 0.2) is 5.96 Å². The molecule has 8 heteroatoms. The second-order valence-corrected chi connectivity index (χ2v) is 6.80. The van der Waals surface area contributed by atoms with Crippen LogP contribution in [0.1, 0.15) is 32.0 Å². The van der Waals surface area contributed by atoms with Gasteiger partial charge in [0, 0.05) is 32.7 Å². The molecule has 1 unspecified atom stereocenters. The Hall–Kier alpha value is -1.28. The lowest BCUT2D eigenvalue weighted by atomic mass is 10.2. The van der Waals surface area contributed by atoms with Crippen LogP contribution in [0.5, 0.6) is 0 Å². The number of ether oxygens (including phenoxy) is 1. The van der Waals surface area contributed by atoms with Gasteiger partial charge in [0.25, 0.3) is 0 Å². The highest BCUT2D eigenvalue weighted by Crippen LogP contribution is 2.11. The molecule has 1 aliphatic heterocycles. The molecule has 0 spiro atoms. The molecule has 0 saturated carbocycles. The molecule has 1 atom stereocenters. The fourth-order valence-corrected chi connectivity index (χ4v) is 3.05. The molecule has 1 fully saturated rings. The molecule has 136 valence electrons. The summed E-state index contributed by atoms with van der Waals surface area (Å²) in [6.07, 6.45) is 8.49. The second kappa shape index (κ2) is 11.3. The van der Waals surface area contributed by atoms with Gasteiger partial charge in [-0.15, -0.1) is 10.2 Å². The monoisotopic (exact) mass is 354 g/mol. The fourth-order valence-electron chi connectivity index (χ4n) is 2.61. The largest absolute Gasteiger partial charge is 0.376 e. The minimum atomic E-state index is 0.277. The number of aryl methyl sites for hydroxylation is 1. The number of guanidine groups is 1. The Morgan fingerprint density at radius 2 is 2.33 bits per heavy atom. The van der Waals surface area contributed by atoms with E-state index in [9.17, 15) is 0 Å². The highest BCUT2D eigenvalue weighted by Gasteiger charge is 2.14. The molecule has 1 saturated heterocycles. The SMILES string of the molecule is CCc1nncn1CCNC(=NCC1CCCO1)NCCCSC. The average Bonchev–Trinajstić information content (AvgIpc) is 3.27. The van der Waals surface area contributed by atoms with Crippen LogP contribution in [-0.4, -0.2) is 65.1 Å². The van der Waals surface area contributed by atoms with E-state index in [1.807, 2.05) is 11.8 Å². The quantitative estimate of drug-likeness (QED) is 0.375. The van der Waals surface area contributed by atoms with Crippen LogP contribution in [0, 0.1) is 0 Å². The van der Waals surface area contributed by atoms with Crippen LogP contribution in [0.2, 0.25) is 0 Å². The maximum atomic E-state index is 5.65. The van der Waals surface area contributed by atoms with E-state index >= 15 is 0 Å². The van der Waals surface area contributed by atoms with Crippen molar-refractivity contribution in [3.05, 3.63) is 12.2 Å². The number of thioether (sulfide) groups is 1. The molecule has 1 aromatic rings. The maximum Gasteiger partial charge on any atom is 0.191 e. The Morgan fingerprint density at radius 3 is 3.08 bits per heavy atom. The Labute approximate surface area is 149 Å². The smallest absolute Gasteiger partial charge is 0.191 e. The molecule has 0 aliphatic carbocycles. The summed E-state index contributed by atoms with van der Waals surface area (Å²) in [5, 5.41) is 14.9. The van der Waals surface area contributed by atoms with Crippen molar-refractivity contribution in [1.29, 1.82) is 0 Å².